The first-order chi connectivity index (χ1) is 18.0. The van der Waals surface area contributed by atoms with Crippen LogP contribution in [0.25, 0.3) is 55.0 Å². The minimum Gasteiger partial charge on any atom is -0.338 e. The van der Waals surface area contributed by atoms with E-state index < -0.39 is 5.92 Å². The van der Waals surface area contributed by atoms with Crippen molar-refractivity contribution in [3.05, 3.63) is 72.1 Å². The molecule has 0 radical (unpaired) electrons. The lowest BCUT2D eigenvalue weighted by Gasteiger charge is -2.15. The number of fused-ring (bicyclic) bond motifs is 2. The molecule has 7 heterocycles. The van der Waals surface area contributed by atoms with Gasteiger partial charge in [0, 0.05) is 64.9 Å². The van der Waals surface area contributed by atoms with Gasteiger partial charge in [0.15, 0.2) is 0 Å². The van der Waals surface area contributed by atoms with Crippen LogP contribution in [0, 0.1) is 0 Å². The molecule has 0 unspecified atom stereocenters. The van der Waals surface area contributed by atoms with Crippen molar-refractivity contribution < 1.29 is 8.78 Å². The Labute approximate surface area is 214 Å². The first-order valence-corrected chi connectivity index (χ1v) is 12.8. The summed E-state index contributed by atoms with van der Waals surface area (Å²) in [6.45, 7) is 0.602. The second-order valence-electron chi connectivity index (χ2n) is 9.37. The topological polar surface area (TPSA) is 86.4 Å². The summed E-state index contributed by atoms with van der Waals surface area (Å²) >= 11 is 1.69. The van der Waals surface area contributed by atoms with E-state index in [0.29, 0.717) is 13.1 Å². The minimum absolute atomic E-state index is 0.0975. The Morgan fingerprint density at radius 3 is 2.84 bits per heavy atom. The normalized spacial score (nSPS) is 15.7. The summed E-state index contributed by atoms with van der Waals surface area (Å²) in [7, 11) is 0. The molecule has 0 atom stereocenters. The molecule has 1 aliphatic heterocycles. The number of nitrogens with one attached hydrogen (secondary N) is 2. The summed E-state index contributed by atoms with van der Waals surface area (Å²) in [5, 5.41) is 11.7. The molecule has 1 fully saturated rings. The maximum atomic E-state index is 13.6. The summed E-state index contributed by atoms with van der Waals surface area (Å²) in [5.74, 6) is -2.61. The second kappa shape index (κ2) is 8.53. The molecule has 1 saturated heterocycles. The third-order valence-corrected chi connectivity index (χ3v) is 7.67. The van der Waals surface area contributed by atoms with Crippen LogP contribution < -0.4 is 0 Å². The number of alkyl halides is 2. The highest BCUT2D eigenvalue weighted by molar-refractivity contribution is 7.13. The third-order valence-electron chi connectivity index (χ3n) is 6.77. The van der Waals surface area contributed by atoms with Crippen LogP contribution in [0.5, 0.6) is 0 Å². The molecule has 2 N–H and O–H groups in total. The summed E-state index contributed by atoms with van der Waals surface area (Å²) in [6, 6.07) is 12.2. The average molecular weight is 514 g/mol. The minimum atomic E-state index is -2.61. The van der Waals surface area contributed by atoms with Crippen molar-refractivity contribution in [1.29, 1.82) is 0 Å². The van der Waals surface area contributed by atoms with Crippen LogP contribution in [0.4, 0.5) is 8.78 Å². The number of thiophene rings is 1. The molecule has 6 aromatic rings. The van der Waals surface area contributed by atoms with Gasteiger partial charge in [-0.2, -0.15) is 5.10 Å². The molecule has 0 spiro atoms. The van der Waals surface area contributed by atoms with Crippen LogP contribution >= 0.6 is 11.3 Å². The molecule has 7 nitrogen and oxygen atoms in total. The van der Waals surface area contributed by atoms with E-state index in [9.17, 15) is 8.78 Å². The number of likely N-dealkylation sites (tertiary alicyclic amines) is 1. The summed E-state index contributed by atoms with van der Waals surface area (Å²) in [6.07, 6.45) is 6.94. The third kappa shape index (κ3) is 4.08. The van der Waals surface area contributed by atoms with E-state index in [1.54, 1.807) is 34.8 Å². The molecular formula is C27H21F2N7S. The monoisotopic (exact) mass is 513 g/mol. The van der Waals surface area contributed by atoms with Gasteiger partial charge in [0.25, 0.3) is 5.92 Å². The van der Waals surface area contributed by atoms with Gasteiger partial charge in [-0.25, -0.2) is 13.8 Å². The molecule has 0 amide bonds. The molecule has 0 aliphatic carbocycles. The van der Waals surface area contributed by atoms with Gasteiger partial charge in [-0.15, -0.1) is 11.3 Å². The first kappa shape index (κ1) is 22.2. The Balaban J connectivity index is 1.24. The Morgan fingerprint density at radius 1 is 1.05 bits per heavy atom. The number of aromatic nitrogens is 6. The number of rotatable bonds is 5. The predicted molar refractivity (Wildman–Crippen MR) is 140 cm³/mol. The average Bonchev–Trinajstić information content (AvgIpc) is 3.69. The van der Waals surface area contributed by atoms with Gasteiger partial charge < -0.3 is 4.98 Å². The van der Waals surface area contributed by atoms with Crippen molar-refractivity contribution in [1.82, 2.24) is 35.0 Å². The van der Waals surface area contributed by atoms with Crippen molar-refractivity contribution >= 4 is 33.3 Å². The van der Waals surface area contributed by atoms with Crippen molar-refractivity contribution in [2.45, 2.75) is 18.9 Å². The van der Waals surface area contributed by atoms with Crippen LogP contribution in [0.3, 0.4) is 0 Å². The Kier molecular flexibility index (Phi) is 5.12. The fraction of sp³-hybridized carbons (Fsp3) is 0.185. The number of pyridine rings is 3. The van der Waals surface area contributed by atoms with E-state index >= 15 is 0 Å². The Bertz CT molecular complexity index is 1740. The lowest BCUT2D eigenvalue weighted by molar-refractivity contribution is 0.0115. The summed E-state index contributed by atoms with van der Waals surface area (Å²) in [4.78, 5) is 19.9. The van der Waals surface area contributed by atoms with Crippen molar-refractivity contribution in [3.8, 4) is 33.1 Å². The molecule has 7 rings (SSSR count). The summed E-state index contributed by atoms with van der Waals surface area (Å²) < 4.78 is 27.2. The molecule has 184 valence electrons. The van der Waals surface area contributed by atoms with Crippen molar-refractivity contribution in [3.63, 3.8) is 0 Å². The number of aromatic amines is 2. The highest BCUT2D eigenvalue weighted by atomic mass is 32.1. The molecule has 10 heteroatoms. The van der Waals surface area contributed by atoms with Crippen LogP contribution in [0.1, 0.15) is 12.0 Å². The lowest BCUT2D eigenvalue weighted by Crippen LogP contribution is -2.24. The predicted octanol–water partition coefficient (Wildman–Crippen LogP) is 6.13. The number of hydrogen-bond acceptors (Lipinski definition) is 6. The van der Waals surface area contributed by atoms with Gasteiger partial charge in [-0.3, -0.25) is 20.0 Å². The molecule has 6 aromatic heterocycles. The van der Waals surface area contributed by atoms with E-state index in [-0.39, 0.29) is 13.0 Å². The van der Waals surface area contributed by atoms with Gasteiger partial charge in [0.2, 0.25) is 0 Å². The first-order valence-electron chi connectivity index (χ1n) is 11.9. The zero-order valence-electron chi connectivity index (χ0n) is 19.6. The molecule has 37 heavy (non-hydrogen) atoms. The number of hydrogen-bond donors (Lipinski definition) is 2. The lowest BCUT2D eigenvalue weighted by atomic mass is 10.1. The van der Waals surface area contributed by atoms with Crippen LogP contribution in [0.2, 0.25) is 0 Å². The van der Waals surface area contributed by atoms with Crippen LogP contribution in [0.15, 0.2) is 66.6 Å². The highest BCUT2D eigenvalue weighted by Gasteiger charge is 2.37. The maximum Gasteiger partial charge on any atom is 0.261 e. The zero-order chi connectivity index (χ0) is 25.0. The fourth-order valence-corrected chi connectivity index (χ4v) is 5.76. The second-order valence-corrected chi connectivity index (χ2v) is 10.3. The number of halogens is 2. The Hall–Kier alpha value is -4.02. The van der Waals surface area contributed by atoms with E-state index in [1.807, 2.05) is 30.5 Å². The van der Waals surface area contributed by atoms with Crippen LogP contribution in [-0.4, -0.2) is 54.0 Å². The molecule has 0 aromatic carbocycles. The van der Waals surface area contributed by atoms with Crippen LogP contribution in [-0.2, 0) is 6.54 Å². The zero-order valence-corrected chi connectivity index (χ0v) is 20.4. The van der Waals surface area contributed by atoms with Gasteiger partial charge >= 0.3 is 0 Å². The standard InChI is InChI=1S/C27H21F2N7S/c28-27(29)4-6-36(15-27)14-16-8-17(12-30-11-16)21-10-20-23(13-32-21)34-35-25(20)22-9-19-18(24-2-1-7-37-24)3-5-31-26(19)33-22/h1-3,5,7-13H,4,6,14-15H2,(H,31,33)(H,34,35). The van der Waals surface area contributed by atoms with E-state index in [0.717, 1.165) is 55.7 Å². The number of H-pyrrole nitrogens is 2. The molecular weight excluding hydrogens is 492 g/mol. The highest BCUT2D eigenvalue weighted by Crippen LogP contribution is 2.35. The van der Waals surface area contributed by atoms with Gasteiger partial charge in [0.05, 0.1) is 29.6 Å². The SMILES string of the molecule is FC1(F)CCN(Cc2cncc(-c3cc4c(-c5cc6c(-c7cccs7)ccnc6[nH]5)n[nH]c4cn3)c2)C1. The molecule has 0 bridgehead atoms. The van der Waals surface area contributed by atoms with Gasteiger partial charge in [0.1, 0.15) is 11.3 Å². The smallest absolute Gasteiger partial charge is 0.261 e. The van der Waals surface area contributed by atoms with Crippen molar-refractivity contribution in [2.75, 3.05) is 13.1 Å². The number of nitrogens with zero attached hydrogens (tertiary/aromatic N) is 5. The summed E-state index contributed by atoms with van der Waals surface area (Å²) in [5.41, 5.74) is 6.83. The largest absolute Gasteiger partial charge is 0.338 e. The van der Waals surface area contributed by atoms with E-state index in [4.69, 9.17) is 0 Å². The fourth-order valence-electron chi connectivity index (χ4n) is 5.00. The van der Waals surface area contributed by atoms with E-state index in [2.05, 4.69) is 47.6 Å². The quantitative estimate of drug-likeness (QED) is 0.290. The van der Waals surface area contributed by atoms with Crippen molar-refractivity contribution in [2.24, 2.45) is 0 Å². The maximum absolute atomic E-state index is 13.6. The molecule has 0 saturated carbocycles. The molecule has 1 aliphatic rings. The Morgan fingerprint density at radius 2 is 2.00 bits per heavy atom. The van der Waals surface area contributed by atoms with Gasteiger partial charge in [-0.05, 0) is 41.3 Å². The van der Waals surface area contributed by atoms with Gasteiger partial charge in [-0.1, -0.05) is 6.07 Å². The van der Waals surface area contributed by atoms with E-state index in [1.165, 1.54) is 4.88 Å².